The molecule has 0 atom stereocenters. The molecule has 8 heteroatoms. The second-order valence-electron chi connectivity index (χ2n) is 4.21. The third-order valence-electron chi connectivity index (χ3n) is 2.70. The Balaban J connectivity index is 2.38. The van der Waals surface area contributed by atoms with Gasteiger partial charge in [-0.05, 0) is 12.1 Å². The van der Waals surface area contributed by atoms with Gasteiger partial charge in [-0.3, -0.25) is 18.9 Å². The van der Waals surface area contributed by atoms with E-state index in [9.17, 15) is 14.2 Å². The molecule has 0 amide bonds. The summed E-state index contributed by atoms with van der Waals surface area (Å²) in [5.41, 5.74) is -0.544. The number of fused-ring (bicyclic) bond motifs is 1. The highest BCUT2D eigenvalue weighted by Crippen LogP contribution is 2.33. The Kier molecular flexibility index (Phi) is 4.04. The summed E-state index contributed by atoms with van der Waals surface area (Å²) in [6.45, 7) is 0.121. The number of para-hydroxylation sites is 1. The number of hydrogen-bond acceptors (Lipinski definition) is 3. The number of aromatic nitrogens is 2. The predicted octanol–water partition coefficient (Wildman–Crippen LogP) is 0.424. The van der Waals surface area contributed by atoms with Gasteiger partial charge in [-0.15, -0.1) is 0 Å². The first-order chi connectivity index (χ1) is 9.38. The minimum absolute atomic E-state index is 0.121. The van der Waals surface area contributed by atoms with Gasteiger partial charge in [0.1, 0.15) is 0 Å². The van der Waals surface area contributed by atoms with Crippen LogP contribution in [0.1, 0.15) is 0 Å². The van der Waals surface area contributed by atoms with E-state index < -0.39 is 18.8 Å². The molecule has 1 aromatic carbocycles. The SMILES string of the molecule is O=c1[nH]c(=O)n(CC=CCP(=O)(O)O)c2ccccc12. The summed E-state index contributed by atoms with van der Waals surface area (Å²) >= 11 is 0. The molecule has 0 bridgehead atoms. The van der Waals surface area contributed by atoms with Gasteiger partial charge < -0.3 is 9.79 Å². The van der Waals surface area contributed by atoms with E-state index >= 15 is 0 Å². The molecule has 7 nitrogen and oxygen atoms in total. The summed E-state index contributed by atoms with van der Waals surface area (Å²) < 4.78 is 12.0. The number of benzene rings is 1. The third kappa shape index (κ3) is 3.33. The van der Waals surface area contributed by atoms with Gasteiger partial charge in [0.25, 0.3) is 5.56 Å². The van der Waals surface area contributed by atoms with Gasteiger partial charge in [-0.25, -0.2) is 4.79 Å². The van der Waals surface area contributed by atoms with Gasteiger partial charge in [0.2, 0.25) is 0 Å². The molecule has 0 radical (unpaired) electrons. The average Bonchev–Trinajstić information content (AvgIpc) is 2.36. The number of rotatable bonds is 4. The summed E-state index contributed by atoms with van der Waals surface area (Å²) in [6, 6.07) is 6.64. The van der Waals surface area contributed by atoms with Crippen molar-refractivity contribution in [2.24, 2.45) is 0 Å². The predicted molar refractivity (Wildman–Crippen MR) is 74.9 cm³/mol. The van der Waals surface area contributed by atoms with Crippen molar-refractivity contribution in [2.75, 3.05) is 6.16 Å². The van der Waals surface area contributed by atoms with E-state index in [2.05, 4.69) is 4.98 Å². The molecule has 0 aliphatic carbocycles. The zero-order chi connectivity index (χ0) is 14.8. The molecule has 1 aromatic heterocycles. The number of allylic oxidation sites excluding steroid dienone is 2. The fourth-order valence-electron chi connectivity index (χ4n) is 1.82. The van der Waals surface area contributed by atoms with Crippen LogP contribution in [-0.2, 0) is 11.1 Å². The second-order valence-corrected chi connectivity index (χ2v) is 5.90. The molecule has 0 aliphatic rings. The minimum Gasteiger partial charge on any atom is -0.324 e. The molecule has 0 fully saturated rings. The summed E-state index contributed by atoms with van der Waals surface area (Å²) in [6.07, 6.45) is 2.40. The zero-order valence-corrected chi connectivity index (χ0v) is 11.3. The molecule has 20 heavy (non-hydrogen) atoms. The fourth-order valence-corrected chi connectivity index (χ4v) is 2.24. The van der Waals surface area contributed by atoms with Crippen LogP contribution in [0.4, 0.5) is 0 Å². The first-order valence-electron chi connectivity index (χ1n) is 5.80. The van der Waals surface area contributed by atoms with Crippen LogP contribution in [0.3, 0.4) is 0 Å². The molecule has 0 aliphatic heterocycles. The number of nitrogens with one attached hydrogen (secondary N) is 1. The highest BCUT2D eigenvalue weighted by Gasteiger charge is 2.09. The van der Waals surface area contributed by atoms with Crippen LogP contribution in [-0.4, -0.2) is 25.5 Å². The first kappa shape index (κ1) is 14.5. The molecule has 2 aromatic rings. The standard InChI is InChI=1S/C12H13N2O5P/c15-11-9-5-1-2-6-10(9)14(12(16)13-11)7-3-4-8-20(17,18)19/h1-6H,7-8H2,(H,13,15,16)(H2,17,18,19). The van der Waals surface area contributed by atoms with E-state index in [1.807, 2.05) is 0 Å². The van der Waals surface area contributed by atoms with E-state index in [1.165, 1.54) is 16.7 Å². The maximum Gasteiger partial charge on any atom is 0.329 e. The van der Waals surface area contributed by atoms with Crippen molar-refractivity contribution in [1.82, 2.24) is 9.55 Å². The van der Waals surface area contributed by atoms with Gasteiger partial charge in [0.15, 0.2) is 0 Å². The lowest BCUT2D eigenvalue weighted by Gasteiger charge is -2.06. The molecule has 1 heterocycles. The summed E-state index contributed by atoms with van der Waals surface area (Å²) in [5, 5.41) is 0.385. The van der Waals surface area contributed by atoms with E-state index in [0.29, 0.717) is 10.9 Å². The normalized spacial score (nSPS) is 12.3. The molecule has 0 spiro atoms. The largest absolute Gasteiger partial charge is 0.329 e. The lowest BCUT2D eigenvalue weighted by Crippen LogP contribution is -2.29. The minimum atomic E-state index is -4.09. The molecule has 3 N–H and O–H groups in total. The van der Waals surface area contributed by atoms with Crippen molar-refractivity contribution < 1.29 is 14.4 Å². The molecule has 0 saturated heterocycles. The van der Waals surface area contributed by atoms with E-state index in [-0.39, 0.29) is 12.7 Å². The monoisotopic (exact) mass is 296 g/mol. The highest BCUT2D eigenvalue weighted by molar-refractivity contribution is 7.51. The van der Waals surface area contributed by atoms with Gasteiger partial charge in [-0.1, -0.05) is 24.3 Å². The van der Waals surface area contributed by atoms with Crippen LogP contribution < -0.4 is 11.2 Å². The summed E-state index contributed by atoms with van der Waals surface area (Å²) in [4.78, 5) is 43.0. The van der Waals surface area contributed by atoms with Crippen LogP contribution in [0, 0.1) is 0 Å². The summed E-state index contributed by atoms with van der Waals surface area (Å²) in [5.74, 6) is 0. The van der Waals surface area contributed by atoms with Crippen molar-refractivity contribution in [3.8, 4) is 0 Å². The average molecular weight is 296 g/mol. The zero-order valence-electron chi connectivity index (χ0n) is 10.4. The topological polar surface area (TPSA) is 112 Å². The lowest BCUT2D eigenvalue weighted by atomic mass is 10.2. The molecule has 0 unspecified atom stereocenters. The van der Waals surface area contributed by atoms with Crippen LogP contribution in [0.2, 0.25) is 0 Å². The number of aromatic amines is 1. The molecule has 0 saturated carbocycles. The Morgan fingerprint density at radius 2 is 1.90 bits per heavy atom. The van der Waals surface area contributed by atoms with Crippen molar-refractivity contribution in [1.29, 1.82) is 0 Å². The van der Waals surface area contributed by atoms with Gasteiger partial charge in [-0.2, -0.15) is 0 Å². The van der Waals surface area contributed by atoms with Crippen molar-refractivity contribution in [3.63, 3.8) is 0 Å². The Morgan fingerprint density at radius 3 is 2.60 bits per heavy atom. The molecular weight excluding hydrogens is 283 g/mol. The van der Waals surface area contributed by atoms with E-state index in [1.54, 1.807) is 24.3 Å². The Morgan fingerprint density at radius 1 is 1.20 bits per heavy atom. The third-order valence-corrected chi connectivity index (χ3v) is 3.39. The molecule has 106 valence electrons. The van der Waals surface area contributed by atoms with Crippen LogP contribution >= 0.6 is 7.60 Å². The lowest BCUT2D eigenvalue weighted by molar-refractivity contribution is 0.377. The van der Waals surface area contributed by atoms with Crippen LogP contribution in [0.25, 0.3) is 10.9 Å². The van der Waals surface area contributed by atoms with E-state index in [0.717, 1.165) is 0 Å². The maximum atomic E-state index is 11.8. The second kappa shape index (κ2) is 5.58. The molecular formula is C12H13N2O5P. The van der Waals surface area contributed by atoms with Gasteiger partial charge in [0.05, 0.1) is 17.1 Å². The Labute approximate surface area is 113 Å². The fraction of sp³-hybridized carbons (Fsp3) is 0.167. The first-order valence-corrected chi connectivity index (χ1v) is 7.60. The highest BCUT2D eigenvalue weighted by atomic mass is 31.2. The Hall–Kier alpha value is -1.95. The maximum absolute atomic E-state index is 11.8. The number of hydrogen-bond donors (Lipinski definition) is 3. The van der Waals surface area contributed by atoms with Crippen LogP contribution in [0.15, 0.2) is 46.0 Å². The van der Waals surface area contributed by atoms with E-state index in [4.69, 9.17) is 9.79 Å². The quantitative estimate of drug-likeness (QED) is 0.559. The summed E-state index contributed by atoms with van der Waals surface area (Å²) in [7, 11) is -4.09. The van der Waals surface area contributed by atoms with Crippen molar-refractivity contribution >= 4 is 18.5 Å². The smallest absolute Gasteiger partial charge is 0.324 e. The van der Waals surface area contributed by atoms with Gasteiger partial charge >= 0.3 is 13.3 Å². The van der Waals surface area contributed by atoms with Crippen molar-refractivity contribution in [2.45, 2.75) is 6.54 Å². The Bertz CT molecular complexity index is 814. The van der Waals surface area contributed by atoms with Crippen LogP contribution in [0.5, 0.6) is 0 Å². The number of nitrogens with zero attached hydrogens (tertiary/aromatic N) is 1. The molecule has 2 rings (SSSR count). The van der Waals surface area contributed by atoms with Crippen molar-refractivity contribution in [3.05, 3.63) is 57.3 Å². The van der Waals surface area contributed by atoms with Gasteiger partial charge in [0, 0.05) is 6.54 Å². The number of H-pyrrole nitrogens is 1.